The van der Waals surface area contributed by atoms with Crippen molar-refractivity contribution in [2.75, 3.05) is 0 Å². The number of fused-ring (bicyclic) bond motifs is 1. The molecule has 1 aromatic carbocycles. The Labute approximate surface area is 117 Å². The van der Waals surface area contributed by atoms with Crippen LogP contribution >= 0.6 is 0 Å². The summed E-state index contributed by atoms with van der Waals surface area (Å²) in [5, 5.41) is 4.00. The van der Waals surface area contributed by atoms with Crippen LogP contribution in [0, 0.1) is 0 Å². The Bertz CT molecular complexity index is 747. The number of para-hydroxylation sites is 1. The van der Waals surface area contributed by atoms with Gasteiger partial charge in [-0.25, -0.2) is 0 Å². The van der Waals surface area contributed by atoms with Crippen molar-refractivity contribution in [1.29, 1.82) is 0 Å². The number of carbonyl (C=O) groups is 1. The Balaban J connectivity index is 1.84. The van der Waals surface area contributed by atoms with E-state index in [4.69, 9.17) is 0 Å². The molecule has 0 radical (unpaired) electrons. The third-order valence-electron chi connectivity index (χ3n) is 3.32. The lowest BCUT2D eigenvalue weighted by atomic mass is 10.1. The lowest BCUT2D eigenvalue weighted by Gasteiger charge is -2.08. The second kappa shape index (κ2) is 5.17. The highest BCUT2D eigenvalue weighted by molar-refractivity contribution is 6.05. The van der Waals surface area contributed by atoms with Crippen molar-refractivity contribution in [3.05, 3.63) is 66.1 Å². The van der Waals surface area contributed by atoms with Gasteiger partial charge in [0, 0.05) is 37.6 Å². The molecule has 0 spiro atoms. The number of nitrogens with zero attached hydrogens (tertiary/aromatic N) is 2. The molecule has 4 heteroatoms. The summed E-state index contributed by atoms with van der Waals surface area (Å²) in [7, 11) is 1.94. The minimum atomic E-state index is -0.0683. The highest BCUT2D eigenvalue weighted by Gasteiger charge is 2.11. The molecule has 100 valence electrons. The van der Waals surface area contributed by atoms with Gasteiger partial charge in [0.2, 0.25) is 0 Å². The quantitative estimate of drug-likeness (QED) is 0.791. The van der Waals surface area contributed by atoms with Crippen LogP contribution in [-0.2, 0) is 13.6 Å². The first-order valence-corrected chi connectivity index (χ1v) is 6.47. The molecule has 0 saturated heterocycles. The molecule has 2 heterocycles. The van der Waals surface area contributed by atoms with Crippen molar-refractivity contribution in [1.82, 2.24) is 14.9 Å². The number of hydrogen-bond acceptors (Lipinski definition) is 2. The zero-order valence-corrected chi connectivity index (χ0v) is 11.2. The molecule has 0 aliphatic carbocycles. The third-order valence-corrected chi connectivity index (χ3v) is 3.32. The van der Waals surface area contributed by atoms with E-state index in [-0.39, 0.29) is 5.91 Å². The number of amides is 1. The number of benzene rings is 1. The fraction of sp³-hybridized carbons (Fsp3) is 0.125. The summed E-state index contributed by atoms with van der Waals surface area (Å²) in [6.45, 7) is 0.480. The summed E-state index contributed by atoms with van der Waals surface area (Å²) in [6, 6.07) is 11.6. The molecule has 0 atom stereocenters. The number of aryl methyl sites for hydroxylation is 1. The molecular weight excluding hydrogens is 250 g/mol. The van der Waals surface area contributed by atoms with Gasteiger partial charge in [-0.1, -0.05) is 18.2 Å². The summed E-state index contributed by atoms with van der Waals surface area (Å²) in [5.41, 5.74) is 2.63. The molecule has 0 fully saturated rings. The normalized spacial score (nSPS) is 10.7. The van der Waals surface area contributed by atoms with Crippen LogP contribution in [0.1, 0.15) is 15.9 Å². The van der Waals surface area contributed by atoms with Gasteiger partial charge in [-0.2, -0.15) is 0 Å². The molecule has 2 aromatic heterocycles. The molecule has 1 amide bonds. The largest absolute Gasteiger partial charge is 0.350 e. The van der Waals surface area contributed by atoms with E-state index in [2.05, 4.69) is 10.3 Å². The lowest BCUT2D eigenvalue weighted by Crippen LogP contribution is -2.23. The zero-order chi connectivity index (χ0) is 13.9. The van der Waals surface area contributed by atoms with Crippen molar-refractivity contribution < 1.29 is 4.79 Å². The molecule has 0 unspecified atom stereocenters. The molecule has 20 heavy (non-hydrogen) atoms. The van der Waals surface area contributed by atoms with E-state index < -0.39 is 0 Å². The summed E-state index contributed by atoms with van der Waals surface area (Å²) >= 11 is 0. The molecular formula is C16H15N3O. The first-order chi connectivity index (χ1) is 9.75. The smallest absolute Gasteiger partial charge is 0.253 e. The molecule has 0 aliphatic rings. The van der Waals surface area contributed by atoms with Crippen LogP contribution in [0.3, 0.4) is 0 Å². The highest BCUT2D eigenvalue weighted by Crippen LogP contribution is 2.19. The van der Waals surface area contributed by atoms with Gasteiger partial charge in [0.05, 0.1) is 11.1 Å². The Hall–Kier alpha value is -2.62. The SMILES string of the molecule is Cn1ccc2cccc(C(=O)NCc3cccnc3)c21. The predicted molar refractivity (Wildman–Crippen MR) is 78.3 cm³/mol. The standard InChI is InChI=1S/C16H15N3O/c1-19-9-7-13-5-2-6-14(15(13)19)16(20)18-11-12-4-3-8-17-10-12/h2-10H,11H2,1H3,(H,18,20). The molecule has 0 saturated carbocycles. The highest BCUT2D eigenvalue weighted by atomic mass is 16.1. The molecule has 1 N–H and O–H groups in total. The second-order valence-corrected chi connectivity index (χ2v) is 4.71. The minimum Gasteiger partial charge on any atom is -0.350 e. The number of carbonyl (C=O) groups excluding carboxylic acids is 1. The van der Waals surface area contributed by atoms with Gasteiger partial charge in [0.1, 0.15) is 0 Å². The van der Waals surface area contributed by atoms with Crippen molar-refractivity contribution in [3.63, 3.8) is 0 Å². The van der Waals surface area contributed by atoms with Crippen molar-refractivity contribution in [3.8, 4) is 0 Å². The van der Waals surface area contributed by atoms with Crippen LogP contribution in [-0.4, -0.2) is 15.5 Å². The Morgan fingerprint density at radius 1 is 1.25 bits per heavy atom. The van der Waals surface area contributed by atoms with Gasteiger partial charge in [0.15, 0.2) is 0 Å². The maximum atomic E-state index is 12.3. The average Bonchev–Trinajstić information content (AvgIpc) is 2.87. The number of rotatable bonds is 3. The van der Waals surface area contributed by atoms with Crippen LogP contribution in [0.25, 0.3) is 10.9 Å². The summed E-state index contributed by atoms with van der Waals surface area (Å²) in [4.78, 5) is 16.4. The van der Waals surface area contributed by atoms with Crippen LogP contribution in [0.15, 0.2) is 55.0 Å². The van der Waals surface area contributed by atoms with Gasteiger partial charge >= 0.3 is 0 Å². The maximum absolute atomic E-state index is 12.3. The average molecular weight is 265 g/mol. The summed E-state index contributed by atoms with van der Waals surface area (Å²) in [5.74, 6) is -0.0683. The first kappa shape index (κ1) is 12.4. The Morgan fingerprint density at radius 2 is 2.15 bits per heavy atom. The van der Waals surface area contributed by atoms with Crippen LogP contribution in [0.4, 0.5) is 0 Å². The summed E-state index contributed by atoms with van der Waals surface area (Å²) in [6.07, 6.45) is 5.43. The first-order valence-electron chi connectivity index (χ1n) is 6.47. The third kappa shape index (κ3) is 2.28. The predicted octanol–water partition coefficient (Wildman–Crippen LogP) is 2.50. The van der Waals surface area contributed by atoms with E-state index in [1.165, 1.54) is 0 Å². The van der Waals surface area contributed by atoms with E-state index in [1.54, 1.807) is 12.4 Å². The Morgan fingerprint density at radius 3 is 2.95 bits per heavy atom. The van der Waals surface area contributed by atoms with E-state index in [0.717, 1.165) is 16.5 Å². The number of hydrogen-bond donors (Lipinski definition) is 1. The van der Waals surface area contributed by atoms with Crippen molar-refractivity contribution in [2.45, 2.75) is 6.54 Å². The van der Waals surface area contributed by atoms with Gasteiger partial charge in [0.25, 0.3) is 5.91 Å². The van der Waals surface area contributed by atoms with Crippen molar-refractivity contribution >= 4 is 16.8 Å². The zero-order valence-electron chi connectivity index (χ0n) is 11.2. The van der Waals surface area contributed by atoms with Crippen molar-refractivity contribution in [2.24, 2.45) is 7.05 Å². The minimum absolute atomic E-state index is 0.0683. The Kier molecular flexibility index (Phi) is 3.21. The van der Waals surface area contributed by atoms with Gasteiger partial charge in [-0.15, -0.1) is 0 Å². The van der Waals surface area contributed by atoms with Gasteiger partial charge < -0.3 is 9.88 Å². The van der Waals surface area contributed by atoms with E-state index in [9.17, 15) is 4.79 Å². The monoisotopic (exact) mass is 265 g/mol. The summed E-state index contributed by atoms with van der Waals surface area (Å²) < 4.78 is 1.97. The van der Waals surface area contributed by atoms with E-state index in [1.807, 2.05) is 54.2 Å². The molecule has 3 rings (SSSR count). The number of aromatic nitrogens is 2. The van der Waals surface area contributed by atoms with E-state index >= 15 is 0 Å². The van der Waals surface area contributed by atoms with E-state index in [0.29, 0.717) is 12.1 Å². The molecule has 0 bridgehead atoms. The molecule has 4 nitrogen and oxygen atoms in total. The topological polar surface area (TPSA) is 46.9 Å². The fourth-order valence-electron chi connectivity index (χ4n) is 2.32. The fourth-order valence-corrected chi connectivity index (χ4v) is 2.32. The van der Waals surface area contributed by atoms with Crippen LogP contribution in [0.5, 0.6) is 0 Å². The second-order valence-electron chi connectivity index (χ2n) is 4.71. The van der Waals surface area contributed by atoms with Gasteiger partial charge in [-0.05, 0) is 23.8 Å². The van der Waals surface area contributed by atoms with Gasteiger partial charge in [-0.3, -0.25) is 9.78 Å². The van der Waals surface area contributed by atoms with Crippen LogP contribution in [0.2, 0.25) is 0 Å². The maximum Gasteiger partial charge on any atom is 0.253 e. The lowest BCUT2D eigenvalue weighted by molar-refractivity contribution is 0.0952. The molecule has 0 aliphatic heterocycles. The number of nitrogens with one attached hydrogen (secondary N) is 1. The molecule has 3 aromatic rings. The number of pyridine rings is 1. The van der Waals surface area contributed by atoms with Crippen LogP contribution < -0.4 is 5.32 Å².